The number of halogens is 2. The highest BCUT2D eigenvalue weighted by Gasteiger charge is 2.09. The van der Waals surface area contributed by atoms with Gasteiger partial charge in [-0.2, -0.15) is 0 Å². The van der Waals surface area contributed by atoms with Crippen LogP contribution in [-0.2, 0) is 0 Å². The molecule has 82 valence electrons. The Balaban J connectivity index is 2.82. The molecular formula is C11H13BrClNO. The summed E-state index contributed by atoms with van der Waals surface area (Å²) < 4.78 is 0. The molecule has 4 heteroatoms. The Morgan fingerprint density at radius 3 is 2.73 bits per heavy atom. The molecule has 0 radical (unpaired) electrons. The smallest absolute Gasteiger partial charge is 0.251 e. The van der Waals surface area contributed by atoms with E-state index >= 15 is 0 Å². The third-order valence-corrected chi connectivity index (χ3v) is 3.10. The third kappa shape index (κ3) is 3.84. The number of carbonyl (C=O) groups excluding carboxylic acids is 1. The fraction of sp³-hybridized carbons (Fsp3) is 0.364. The molecule has 1 rings (SSSR count). The summed E-state index contributed by atoms with van der Waals surface area (Å²) in [5, 5.41) is 4.18. The molecular weight excluding hydrogens is 277 g/mol. The molecule has 1 amide bonds. The third-order valence-electron chi connectivity index (χ3n) is 1.91. The second-order valence-corrected chi connectivity index (χ2v) is 4.63. The van der Waals surface area contributed by atoms with E-state index in [1.54, 1.807) is 6.07 Å². The summed E-state index contributed by atoms with van der Waals surface area (Å²) in [4.78, 5) is 11.7. The van der Waals surface area contributed by atoms with Crippen molar-refractivity contribution < 1.29 is 4.79 Å². The maximum absolute atomic E-state index is 11.7. The van der Waals surface area contributed by atoms with Crippen molar-refractivity contribution in [3.8, 4) is 0 Å². The average molecular weight is 291 g/mol. The van der Waals surface area contributed by atoms with E-state index in [2.05, 4.69) is 21.2 Å². The second kappa shape index (κ2) is 5.52. The van der Waals surface area contributed by atoms with E-state index in [0.717, 1.165) is 10.9 Å². The molecule has 0 saturated carbocycles. The molecule has 15 heavy (non-hydrogen) atoms. The number of alkyl halides is 1. The molecule has 0 aliphatic carbocycles. The molecule has 1 aromatic carbocycles. The van der Waals surface area contributed by atoms with E-state index in [0.29, 0.717) is 10.6 Å². The number of rotatable bonds is 3. The zero-order valence-electron chi connectivity index (χ0n) is 8.68. The summed E-state index contributed by atoms with van der Waals surface area (Å²) in [6.45, 7) is 3.85. The minimum Gasteiger partial charge on any atom is -0.349 e. The van der Waals surface area contributed by atoms with Gasteiger partial charge in [0.05, 0.1) is 0 Å². The van der Waals surface area contributed by atoms with Crippen LogP contribution in [0.15, 0.2) is 18.2 Å². The van der Waals surface area contributed by atoms with Gasteiger partial charge in [0.15, 0.2) is 0 Å². The number of hydrogen-bond acceptors (Lipinski definition) is 1. The lowest BCUT2D eigenvalue weighted by Crippen LogP contribution is -2.33. The van der Waals surface area contributed by atoms with E-state index in [1.807, 2.05) is 26.0 Å². The Kier molecular flexibility index (Phi) is 4.61. The predicted molar refractivity (Wildman–Crippen MR) is 66.9 cm³/mol. The van der Waals surface area contributed by atoms with Gasteiger partial charge in [-0.15, -0.1) is 0 Å². The van der Waals surface area contributed by atoms with E-state index in [1.165, 1.54) is 0 Å². The topological polar surface area (TPSA) is 29.1 Å². The first kappa shape index (κ1) is 12.5. The van der Waals surface area contributed by atoms with E-state index < -0.39 is 0 Å². The van der Waals surface area contributed by atoms with E-state index in [4.69, 9.17) is 11.6 Å². The number of hydrogen-bond donors (Lipinski definition) is 1. The molecule has 0 saturated heterocycles. The van der Waals surface area contributed by atoms with Crippen molar-refractivity contribution >= 4 is 33.4 Å². The van der Waals surface area contributed by atoms with Gasteiger partial charge in [0.2, 0.25) is 0 Å². The minimum atomic E-state index is -0.0902. The van der Waals surface area contributed by atoms with Crippen molar-refractivity contribution in [2.75, 3.05) is 5.33 Å². The monoisotopic (exact) mass is 289 g/mol. The molecule has 1 aromatic rings. The summed E-state index contributed by atoms with van der Waals surface area (Å²) in [5.41, 5.74) is 1.59. The van der Waals surface area contributed by atoms with Crippen LogP contribution in [0.3, 0.4) is 0 Å². The minimum absolute atomic E-state index is 0.0902. The zero-order valence-corrected chi connectivity index (χ0v) is 11.0. The van der Waals surface area contributed by atoms with Gasteiger partial charge in [-0.05, 0) is 37.6 Å². The van der Waals surface area contributed by atoms with E-state index in [-0.39, 0.29) is 11.9 Å². The standard InChI is InChI=1S/C11H13BrClNO/c1-7-3-9(5-10(13)4-7)11(15)14-8(2)6-12/h3-5,8H,6H2,1-2H3,(H,14,15). The molecule has 0 spiro atoms. The first-order valence-electron chi connectivity index (χ1n) is 4.67. The van der Waals surface area contributed by atoms with Crippen LogP contribution in [0, 0.1) is 6.92 Å². The first-order chi connectivity index (χ1) is 7.02. The number of carbonyl (C=O) groups is 1. The van der Waals surface area contributed by atoms with Crippen molar-refractivity contribution in [3.63, 3.8) is 0 Å². The van der Waals surface area contributed by atoms with Crippen LogP contribution in [0.5, 0.6) is 0 Å². The van der Waals surface area contributed by atoms with Gasteiger partial charge >= 0.3 is 0 Å². The Morgan fingerprint density at radius 1 is 1.53 bits per heavy atom. The van der Waals surface area contributed by atoms with Crippen LogP contribution in [0.1, 0.15) is 22.8 Å². The lowest BCUT2D eigenvalue weighted by atomic mass is 10.1. The number of nitrogens with one attached hydrogen (secondary N) is 1. The molecule has 1 N–H and O–H groups in total. The molecule has 0 aliphatic rings. The van der Waals surface area contributed by atoms with Crippen LogP contribution in [-0.4, -0.2) is 17.3 Å². The van der Waals surface area contributed by atoms with Gasteiger partial charge < -0.3 is 5.32 Å². The van der Waals surface area contributed by atoms with Crippen LogP contribution in [0.4, 0.5) is 0 Å². The maximum atomic E-state index is 11.7. The fourth-order valence-electron chi connectivity index (χ4n) is 1.21. The molecule has 0 fully saturated rings. The summed E-state index contributed by atoms with van der Waals surface area (Å²) in [7, 11) is 0. The lowest BCUT2D eigenvalue weighted by Gasteiger charge is -2.11. The van der Waals surface area contributed by atoms with Gasteiger partial charge in [0, 0.05) is 22.0 Å². The second-order valence-electron chi connectivity index (χ2n) is 3.55. The van der Waals surface area contributed by atoms with Crippen molar-refractivity contribution in [1.82, 2.24) is 5.32 Å². The molecule has 0 aliphatic heterocycles. The average Bonchev–Trinajstić information content (AvgIpc) is 2.16. The number of aryl methyl sites for hydroxylation is 1. The largest absolute Gasteiger partial charge is 0.349 e. The summed E-state index contributed by atoms with van der Waals surface area (Å²) >= 11 is 9.18. The molecule has 1 atom stereocenters. The van der Waals surface area contributed by atoms with Crippen molar-refractivity contribution in [2.24, 2.45) is 0 Å². The highest BCUT2D eigenvalue weighted by Crippen LogP contribution is 2.14. The van der Waals surface area contributed by atoms with Gasteiger partial charge in [-0.25, -0.2) is 0 Å². The quantitative estimate of drug-likeness (QED) is 0.851. The van der Waals surface area contributed by atoms with Gasteiger partial charge in [0.1, 0.15) is 0 Å². The fourth-order valence-corrected chi connectivity index (χ4v) is 1.66. The first-order valence-corrected chi connectivity index (χ1v) is 6.17. The number of amides is 1. The highest BCUT2D eigenvalue weighted by molar-refractivity contribution is 9.09. The van der Waals surface area contributed by atoms with Gasteiger partial charge in [-0.3, -0.25) is 4.79 Å². The van der Waals surface area contributed by atoms with Gasteiger partial charge in [-0.1, -0.05) is 27.5 Å². The summed E-state index contributed by atoms with van der Waals surface area (Å²) in [6.07, 6.45) is 0. The lowest BCUT2D eigenvalue weighted by molar-refractivity contribution is 0.0944. The van der Waals surface area contributed by atoms with Crippen LogP contribution >= 0.6 is 27.5 Å². The molecule has 0 aromatic heterocycles. The molecule has 0 heterocycles. The molecule has 1 unspecified atom stereocenters. The van der Waals surface area contributed by atoms with Crippen molar-refractivity contribution in [2.45, 2.75) is 19.9 Å². The Hall–Kier alpha value is -0.540. The predicted octanol–water partition coefficient (Wildman–Crippen LogP) is 3.16. The Labute approximate surface area is 103 Å². The SMILES string of the molecule is Cc1cc(Cl)cc(C(=O)NC(C)CBr)c1. The zero-order chi connectivity index (χ0) is 11.4. The highest BCUT2D eigenvalue weighted by atomic mass is 79.9. The Morgan fingerprint density at radius 2 is 2.20 bits per heavy atom. The van der Waals surface area contributed by atoms with Crippen molar-refractivity contribution in [1.29, 1.82) is 0 Å². The maximum Gasteiger partial charge on any atom is 0.251 e. The normalized spacial score (nSPS) is 12.3. The molecule has 0 bridgehead atoms. The van der Waals surface area contributed by atoms with Gasteiger partial charge in [0.25, 0.3) is 5.91 Å². The van der Waals surface area contributed by atoms with Crippen LogP contribution in [0.25, 0.3) is 0 Å². The molecule has 2 nitrogen and oxygen atoms in total. The van der Waals surface area contributed by atoms with Crippen LogP contribution < -0.4 is 5.32 Å². The summed E-state index contributed by atoms with van der Waals surface area (Å²) in [5.74, 6) is -0.0902. The summed E-state index contributed by atoms with van der Waals surface area (Å²) in [6, 6.07) is 5.43. The Bertz CT molecular complexity index is 347. The van der Waals surface area contributed by atoms with E-state index in [9.17, 15) is 4.79 Å². The van der Waals surface area contributed by atoms with Crippen molar-refractivity contribution in [3.05, 3.63) is 34.3 Å². The van der Waals surface area contributed by atoms with Crippen LogP contribution in [0.2, 0.25) is 5.02 Å². The number of benzene rings is 1.